The Hall–Kier alpha value is -1.61. The molecule has 0 spiro atoms. The van der Waals surface area contributed by atoms with Gasteiger partial charge in [-0.05, 0) is 31.0 Å². The van der Waals surface area contributed by atoms with Gasteiger partial charge in [0.2, 0.25) is 0 Å². The SMILES string of the molecule is Cc1ccc(Br)cc1OCCCC(=O)c1ccccc1. The summed E-state index contributed by atoms with van der Waals surface area (Å²) in [6.07, 6.45) is 1.23. The van der Waals surface area contributed by atoms with E-state index in [0.717, 1.165) is 27.8 Å². The molecular weight excluding hydrogens is 316 g/mol. The van der Waals surface area contributed by atoms with Crippen LogP contribution in [-0.2, 0) is 0 Å². The lowest BCUT2D eigenvalue weighted by Crippen LogP contribution is -2.04. The van der Waals surface area contributed by atoms with Crippen LogP contribution in [0.3, 0.4) is 0 Å². The molecular formula is C17H17BrO2. The molecule has 0 saturated carbocycles. The van der Waals surface area contributed by atoms with Crippen molar-refractivity contribution in [3.05, 3.63) is 64.1 Å². The van der Waals surface area contributed by atoms with Crippen LogP contribution in [0.2, 0.25) is 0 Å². The molecule has 0 N–H and O–H groups in total. The van der Waals surface area contributed by atoms with Gasteiger partial charge in [-0.2, -0.15) is 0 Å². The van der Waals surface area contributed by atoms with Crippen molar-refractivity contribution in [1.82, 2.24) is 0 Å². The van der Waals surface area contributed by atoms with Gasteiger partial charge < -0.3 is 4.74 Å². The van der Waals surface area contributed by atoms with Crippen LogP contribution < -0.4 is 4.74 Å². The summed E-state index contributed by atoms with van der Waals surface area (Å²) in [7, 11) is 0. The number of carbonyl (C=O) groups is 1. The highest BCUT2D eigenvalue weighted by molar-refractivity contribution is 9.10. The number of aryl methyl sites for hydroxylation is 1. The molecule has 2 aromatic rings. The van der Waals surface area contributed by atoms with Gasteiger partial charge in [0, 0.05) is 16.5 Å². The molecule has 2 aromatic carbocycles. The van der Waals surface area contributed by atoms with Gasteiger partial charge in [-0.15, -0.1) is 0 Å². The second kappa shape index (κ2) is 7.25. The lowest BCUT2D eigenvalue weighted by atomic mass is 10.1. The molecule has 0 radical (unpaired) electrons. The summed E-state index contributed by atoms with van der Waals surface area (Å²) < 4.78 is 6.72. The van der Waals surface area contributed by atoms with Gasteiger partial charge in [-0.1, -0.05) is 52.3 Å². The highest BCUT2D eigenvalue weighted by Gasteiger charge is 2.05. The Kier molecular flexibility index (Phi) is 5.36. The number of Topliss-reactive ketones (excluding diaryl/α,β-unsaturated/α-hetero) is 1. The summed E-state index contributed by atoms with van der Waals surface area (Å²) in [5.41, 5.74) is 1.87. The molecule has 0 fully saturated rings. The lowest BCUT2D eigenvalue weighted by Gasteiger charge is -2.09. The minimum absolute atomic E-state index is 0.167. The Labute approximate surface area is 127 Å². The normalized spacial score (nSPS) is 10.3. The van der Waals surface area contributed by atoms with E-state index in [1.54, 1.807) is 0 Å². The molecule has 0 aromatic heterocycles. The van der Waals surface area contributed by atoms with E-state index < -0.39 is 0 Å². The van der Waals surface area contributed by atoms with E-state index in [9.17, 15) is 4.79 Å². The van der Waals surface area contributed by atoms with Crippen LogP contribution in [0.15, 0.2) is 53.0 Å². The minimum Gasteiger partial charge on any atom is -0.493 e. The van der Waals surface area contributed by atoms with Gasteiger partial charge >= 0.3 is 0 Å². The Morgan fingerprint density at radius 3 is 2.65 bits per heavy atom. The second-order valence-electron chi connectivity index (χ2n) is 4.65. The first-order chi connectivity index (χ1) is 9.66. The highest BCUT2D eigenvalue weighted by Crippen LogP contribution is 2.23. The molecule has 0 saturated heterocycles. The maximum Gasteiger partial charge on any atom is 0.163 e. The quantitative estimate of drug-likeness (QED) is 0.561. The molecule has 0 aliphatic carbocycles. The maximum atomic E-state index is 11.9. The van der Waals surface area contributed by atoms with Crippen molar-refractivity contribution in [2.45, 2.75) is 19.8 Å². The molecule has 2 nitrogen and oxygen atoms in total. The molecule has 0 aliphatic rings. The van der Waals surface area contributed by atoms with Crippen LogP contribution in [0.1, 0.15) is 28.8 Å². The van der Waals surface area contributed by atoms with Crippen molar-refractivity contribution in [2.75, 3.05) is 6.61 Å². The smallest absolute Gasteiger partial charge is 0.163 e. The van der Waals surface area contributed by atoms with Crippen LogP contribution in [0.25, 0.3) is 0 Å². The average Bonchev–Trinajstić information content (AvgIpc) is 2.47. The fourth-order valence-electron chi connectivity index (χ4n) is 1.91. The average molecular weight is 333 g/mol. The second-order valence-corrected chi connectivity index (χ2v) is 5.57. The number of halogens is 1. The molecule has 3 heteroatoms. The monoisotopic (exact) mass is 332 g/mol. The molecule has 0 amide bonds. The van der Waals surface area contributed by atoms with Gasteiger partial charge in [0.1, 0.15) is 5.75 Å². The predicted octanol–water partition coefficient (Wildman–Crippen LogP) is 4.80. The van der Waals surface area contributed by atoms with Crippen molar-refractivity contribution in [3.8, 4) is 5.75 Å². The van der Waals surface area contributed by atoms with E-state index >= 15 is 0 Å². The van der Waals surface area contributed by atoms with Crippen molar-refractivity contribution in [1.29, 1.82) is 0 Å². The third-order valence-electron chi connectivity index (χ3n) is 3.05. The van der Waals surface area contributed by atoms with Gasteiger partial charge in [0.05, 0.1) is 6.61 Å². The highest BCUT2D eigenvalue weighted by atomic mass is 79.9. The van der Waals surface area contributed by atoms with Crippen LogP contribution >= 0.6 is 15.9 Å². The summed E-state index contributed by atoms with van der Waals surface area (Å²) in [4.78, 5) is 11.9. The van der Waals surface area contributed by atoms with Crippen LogP contribution in [0.4, 0.5) is 0 Å². The summed E-state index contributed by atoms with van der Waals surface area (Å²) in [6.45, 7) is 2.56. The standard InChI is InChI=1S/C17H17BrO2/c1-13-9-10-15(18)12-17(13)20-11-5-8-16(19)14-6-3-2-4-7-14/h2-4,6-7,9-10,12H,5,8,11H2,1H3. The van der Waals surface area contributed by atoms with E-state index in [-0.39, 0.29) is 5.78 Å². The summed E-state index contributed by atoms with van der Waals surface area (Å²) in [5, 5.41) is 0. The summed E-state index contributed by atoms with van der Waals surface area (Å²) in [6, 6.07) is 15.3. The topological polar surface area (TPSA) is 26.3 Å². The van der Waals surface area contributed by atoms with Crippen molar-refractivity contribution in [3.63, 3.8) is 0 Å². The Morgan fingerprint density at radius 1 is 1.15 bits per heavy atom. The van der Waals surface area contributed by atoms with Crippen molar-refractivity contribution >= 4 is 21.7 Å². The molecule has 0 bridgehead atoms. The first-order valence-corrected chi connectivity index (χ1v) is 7.43. The van der Waals surface area contributed by atoms with E-state index in [0.29, 0.717) is 13.0 Å². The van der Waals surface area contributed by atoms with Gasteiger partial charge in [0.25, 0.3) is 0 Å². The molecule has 0 aliphatic heterocycles. The maximum absolute atomic E-state index is 11.9. The van der Waals surface area contributed by atoms with E-state index in [1.165, 1.54) is 0 Å². The van der Waals surface area contributed by atoms with E-state index in [2.05, 4.69) is 15.9 Å². The Balaban J connectivity index is 1.79. The number of hydrogen-bond acceptors (Lipinski definition) is 2. The van der Waals surface area contributed by atoms with Crippen LogP contribution in [-0.4, -0.2) is 12.4 Å². The molecule has 104 valence electrons. The summed E-state index contributed by atoms with van der Waals surface area (Å²) in [5.74, 6) is 1.03. The van der Waals surface area contributed by atoms with Crippen molar-refractivity contribution < 1.29 is 9.53 Å². The van der Waals surface area contributed by atoms with Crippen LogP contribution in [0.5, 0.6) is 5.75 Å². The lowest BCUT2D eigenvalue weighted by molar-refractivity contribution is 0.0973. The van der Waals surface area contributed by atoms with Gasteiger partial charge in [-0.3, -0.25) is 4.79 Å². The zero-order chi connectivity index (χ0) is 14.4. The number of benzene rings is 2. The largest absolute Gasteiger partial charge is 0.493 e. The minimum atomic E-state index is 0.167. The van der Waals surface area contributed by atoms with E-state index in [1.807, 2.05) is 55.5 Å². The number of carbonyl (C=O) groups excluding carboxylic acids is 1. The Morgan fingerprint density at radius 2 is 1.90 bits per heavy atom. The third kappa shape index (κ3) is 4.20. The number of rotatable bonds is 6. The summed E-state index contributed by atoms with van der Waals surface area (Å²) >= 11 is 3.42. The number of ether oxygens (including phenoxy) is 1. The first kappa shape index (κ1) is 14.8. The van der Waals surface area contributed by atoms with Gasteiger partial charge in [-0.25, -0.2) is 0 Å². The fourth-order valence-corrected chi connectivity index (χ4v) is 2.25. The van der Waals surface area contributed by atoms with Crippen LogP contribution in [0, 0.1) is 6.92 Å². The number of hydrogen-bond donors (Lipinski definition) is 0. The van der Waals surface area contributed by atoms with Crippen molar-refractivity contribution in [2.24, 2.45) is 0 Å². The molecule has 0 atom stereocenters. The fraction of sp³-hybridized carbons (Fsp3) is 0.235. The number of ketones is 1. The molecule has 20 heavy (non-hydrogen) atoms. The third-order valence-corrected chi connectivity index (χ3v) is 3.54. The molecule has 2 rings (SSSR count). The zero-order valence-corrected chi connectivity index (χ0v) is 13.0. The van der Waals surface area contributed by atoms with E-state index in [4.69, 9.17) is 4.74 Å². The predicted molar refractivity (Wildman–Crippen MR) is 84.4 cm³/mol. The first-order valence-electron chi connectivity index (χ1n) is 6.64. The Bertz CT molecular complexity index is 579. The van der Waals surface area contributed by atoms with Gasteiger partial charge in [0.15, 0.2) is 5.78 Å². The zero-order valence-electron chi connectivity index (χ0n) is 11.4. The molecule has 0 heterocycles. The molecule has 0 unspecified atom stereocenters.